The topological polar surface area (TPSA) is 133 Å². The molecule has 0 saturated heterocycles. The summed E-state index contributed by atoms with van der Waals surface area (Å²) < 4.78 is 33.5. The second kappa shape index (κ2) is 8.39. The summed E-state index contributed by atoms with van der Waals surface area (Å²) in [4.78, 5) is 26.5. The Morgan fingerprint density at radius 2 is 1.20 bits per heavy atom. The van der Waals surface area contributed by atoms with E-state index in [2.05, 4.69) is 10.6 Å². The summed E-state index contributed by atoms with van der Waals surface area (Å²) in [7, 11) is -4.59. The predicted molar refractivity (Wildman–Crippen MR) is 131 cm³/mol. The van der Waals surface area contributed by atoms with Gasteiger partial charge in [0.2, 0.25) is 0 Å². The number of anilines is 4. The zero-order chi connectivity index (χ0) is 24.7. The van der Waals surface area contributed by atoms with Crippen LogP contribution in [0.15, 0.2) is 89.8 Å². The van der Waals surface area contributed by atoms with Gasteiger partial charge in [-0.15, -0.1) is 0 Å². The lowest BCUT2D eigenvalue weighted by Crippen LogP contribution is -2.23. The van der Waals surface area contributed by atoms with E-state index in [4.69, 9.17) is 0 Å². The summed E-state index contributed by atoms with van der Waals surface area (Å²) in [6.07, 6.45) is 0. The molecule has 0 radical (unpaired) electrons. The Hall–Kier alpha value is -4.47. The zero-order valence-electron chi connectivity index (χ0n) is 18.0. The van der Waals surface area contributed by atoms with Crippen molar-refractivity contribution in [2.24, 2.45) is 0 Å². The number of benzene rings is 4. The van der Waals surface area contributed by atoms with Gasteiger partial charge in [0.1, 0.15) is 4.90 Å². The Balaban J connectivity index is 1.75. The maximum absolute atomic E-state index is 13.5. The summed E-state index contributed by atoms with van der Waals surface area (Å²) in [5.74, 6) is -1.47. The first-order chi connectivity index (χ1) is 16.8. The van der Waals surface area contributed by atoms with Gasteiger partial charge >= 0.3 is 0 Å². The van der Waals surface area contributed by atoms with Crippen LogP contribution >= 0.6 is 0 Å². The van der Waals surface area contributed by atoms with E-state index < -0.39 is 32.3 Å². The van der Waals surface area contributed by atoms with Crippen molar-refractivity contribution in [3.8, 4) is 5.75 Å². The molecule has 0 aliphatic heterocycles. The molecular weight excluding hydrogens is 468 g/mol. The van der Waals surface area contributed by atoms with E-state index >= 15 is 0 Å². The van der Waals surface area contributed by atoms with Gasteiger partial charge in [0, 0.05) is 16.8 Å². The minimum absolute atomic E-state index is 0.00680. The van der Waals surface area contributed by atoms with Gasteiger partial charge in [0.25, 0.3) is 10.1 Å². The fraction of sp³-hybridized carbons (Fsp3) is 0. The number of para-hydroxylation sites is 2. The smallest absolute Gasteiger partial charge is 0.296 e. The van der Waals surface area contributed by atoms with Gasteiger partial charge in [-0.25, -0.2) is 0 Å². The highest BCUT2D eigenvalue weighted by Gasteiger charge is 2.36. The molecule has 1 aliphatic rings. The molecule has 0 aromatic heterocycles. The minimum atomic E-state index is -4.59. The van der Waals surface area contributed by atoms with Gasteiger partial charge in [-0.2, -0.15) is 8.42 Å². The Bertz CT molecular complexity index is 1610. The molecule has 4 aromatic rings. The maximum atomic E-state index is 13.5. The molecule has 4 aromatic carbocycles. The Morgan fingerprint density at radius 1 is 0.629 bits per heavy atom. The summed E-state index contributed by atoms with van der Waals surface area (Å²) >= 11 is 0. The third-order valence-corrected chi connectivity index (χ3v) is 6.57. The van der Waals surface area contributed by atoms with Crippen molar-refractivity contribution in [3.63, 3.8) is 0 Å². The molecule has 1 aliphatic carbocycles. The van der Waals surface area contributed by atoms with Gasteiger partial charge in [-0.05, 0) is 30.3 Å². The molecule has 0 saturated carbocycles. The van der Waals surface area contributed by atoms with Crippen LogP contribution in [0.3, 0.4) is 0 Å². The average Bonchev–Trinajstić information content (AvgIpc) is 2.84. The molecule has 0 spiro atoms. The number of ketones is 2. The standard InChI is InChI=1S/C26H18N2O6S/c29-24-16-10-4-5-11-17(16)25(30)23-22(24)19(28-18-12-6-7-13-21(18)35(32,33)34)14-20(26(23)31)27-15-8-2-1-3-9-15/h1-14,27-28,31H,(H,32,33,34). The molecular formula is C26H18N2O6S. The molecule has 0 bridgehead atoms. The van der Waals surface area contributed by atoms with Gasteiger partial charge in [0.15, 0.2) is 17.3 Å². The summed E-state index contributed by atoms with van der Waals surface area (Å²) in [5, 5.41) is 17.0. The molecule has 0 heterocycles. The lowest BCUT2D eigenvalue weighted by atomic mass is 9.82. The molecule has 0 unspecified atom stereocenters. The average molecular weight is 487 g/mol. The molecule has 8 nitrogen and oxygen atoms in total. The number of hydrogen-bond acceptors (Lipinski definition) is 7. The number of aromatic hydroxyl groups is 1. The number of hydrogen-bond donors (Lipinski definition) is 4. The molecule has 174 valence electrons. The van der Waals surface area contributed by atoms with Crippen molar-refractivity contribution in [2.45, 2.75) is 4.90 Å². The van der Waals surface area contributed by atoms with E-state index in [9.17, 15) is 27.7 Å². The fourth-order valence-electron chi connectivity index (χ4n) is 4.09. The van der Waals surface area contributed by atoms with E-state index in [1.54, 1.807) is 42.5 Å². The van der Waals surface area contributed by atoms with Crippen molar-refractivity contribution in [1.29, 1.82) is 0 Å². The van der Waals surface area contributed by atoms with E-state index in [1.807, 2.05) is 6.07 Å². The van der Waals surface area contributed by atoms with E-state index in [1.165, 1.54) is 36.4 Å². The summed E-state index contributed by atoms with van der Waals surface area (Å²) in [6.45, 7) is 0. The Morgan fingerprint density at radius 3 is 1.86 bits per heavy atom. The fourth-order valence-corrected chi connectivity index (χ4v) is 4.74. The van der Waals surface area contributed by atoms with Crippen molar-refractivity contribution >= 4 is 44.4 Å². The number of phenolic OH excluding ortho intramolecular Hbond substituents is 1. The Labute approximate surface area is 200 Å². The molecule has 0 amide bonds. The van der Waals surface area contributed by atoms with Crippen LogP contribution in [0.2, 0.25) is 0 Å². The van der Waals surface area contributed by atoms with Crippen LogP contribution in [0.1, 0.15) is 31.8 Å². The maximum Gasteiger partial charge on any atom is 0.296 e. The third-order valence-electron chi connectivity index (χ3n) is 5.66. The molecule has 5 rings (SSSR count). The van der Waals surface area contributed by atoms with Gasteiger partial charge < -0.3 is 15.7 Å². The molecule has 0 fully saturated rings. The second-order valence-corrected chi connectivity index (χ2v) is 9.25. The first-order valence-electron chi connectivity index (χ1n) is 10.5. The zero-order valence-corrected chi connectivity index (χ0v) is 18.8. The quantitative estimate of drug-likeness (QED) is 0.157. The van der Waals surface area contributed by atoms with E-state index in [0.717, 1.165) is 0 Å². The molecule has 35 heavy (non-hydrogen) atoms. The van der Waals surface area contributed by atoms with Gasteiger partial charge in [-0.1, -0.05) is 54.6 Å². The highest BCUT2D eigenvalue weighted by atomic mass is 32.2. The van der Waals surface area contributed by atoms with Crippen LogP contribution < -0.4 is 10.6 Å². The van der Waals surface area contributed by atoms with Crippen LogP contribution in [0.25, 0.3) is 0 Å². The SMILES string of the molecule is O=C1c2ccccc2C(=O)c2c(O)c(Nc3ccccc3)cc(Nc3ccccc3S(=O)(=O)O)c21. The van der Waals surface area contributed by atoms with Gasteiger partial charge in [0.05, 0.1) is 28.2 Å². The first-order valence-corrected chi connectivity index (χ1v) is 11.9. The third kappa shape index (κ3) is 3.92. The summed E-state index contributed by atoms with van der Waals surface area (Å²) in [5.41, 5.74) is 0.828. The number of phenols is 1. The number of carbonyl (C=O) groups is 2. The van der Waals surface area contributed by atoms with Crippen molar-refractivity contribution in [2.75, 3.05) is 10.6 Å². The lowest BCUT2D eigenvalue weighted by Gasteiger charge is -2.24. The lowest BCUT2D eigenvalue weighted by molar-refractivity contribution is 0.0977. The van der Waals surface area contributed by atoms with Crippen molar-refractivity contribution < 1.29 is 27.7 Å². The predicted octanol–water partition coefficient (Wildman–Crippen LogP) is 4.90. The Kier molecular flexibility index (Phi) is 5.35. The second-order valence-electron chi connectivity index (χ2n) is 7.86. The highest BCUT2D eigenvalue weighted by molar-refractivity contribution is 7.86. The van der Waals surface area contributed by atoms with Crippen LogP contribution in [0.4, 0.5) is 22.7 Å². The highest BCUT2D eigenvalue weighted by Crippen LogP contribution is 2.43. The normalized spacial score (nSPS) is 12.6. The van der Waals surface area contributed by atoms with Crippen LogP contribution in [0, 0.1) is 0 Å². The molecule has 4 N–H and O–H groups in total. The molecule has 0 atom stereocenters. The monoisotopic (exact) mass is 486 g/mol. The van der Waals surface area contributed by atoms with Gasteiger partial charge in [-0.3, -0.25) is 14.1 Å². The number of fused-ring (bicyclic) bond motifs is 2. The number of carbonyl (C=O) groups excluding carboxylic acids is 2. The van der Waals surface area contributed by atoms with Crippen LogP contribution in [-0.4, -0.2) is 29.6 Å². The largest absolute Gasteiger partial charge is 0.505 e. The number of rotatable bonds is 5. The van der Waals surface area contributed by atoms with E-state index in [-0.39, 0.29) is 39.3 Å². The number of nitrogens with one attached hydrogen (secondary N) is 2. The summed E-state index contributed by atoms with van der Waals surface area (Å²) in [6, 6.07) is 22.2. The van der Waals surface area contributed by atoms with Crippen LogP contribution in [0.5, 0.6) is 5.75 Å². The molecule has 9 heteroatoms. The minimum Gasteiger partial charge on any atom is -0.505 e. The van der Waals surface area contributed by atoms with E-state index in [0.29, 0.717) is 5.69 Å². The van der Waals surface area contributed by atoms with Crippen molar-refractivity contribution in [1.82, 2.24) is 0 Å². The first kappa shape index (κ1) is 22.3. The van der Waals surface area contributed by atoms with Crippen molar-refractivity contribution in [3.05, 3.63) is 107 Å². The van der Waals surface area contributed by atoms with Crippen LogP contribution in [-0.2, 0) is 10.1 Å².